The van der Waals surface area contributed by atoms with Crippen LogP contribution in [0.1, 0.15) is 46.4 Å². The van der Waals surface area contributed by atoms with Gasteiger partial charge < -0.3 is 35.6 Å². The normalized spacial score (nSPS) is 16.8. The number of hydrogen-bond acceptors (Lipinski definition) is 9. The van der Waals surface area contributed by atoms with Gasteiger partial charge in [0.25, 0.3) is 5.56 Å². The Morgan fingerprint density at radius 1 is 1.33 bits per heavy atom. The fourth-order valence-electron chi connectivity index (χ4n) is 5.12. The molecule has 2 atom stereocenters. The van der Waals surface area contributed by atoms with E-state index in [4.69, 9.17) is 26.4 Å². The molecule has 204 valence electrons. The minimum Gasteiger partial charge on any atom is -0.491 e. The number of ether oxygens (including phenoxy) is 1. The highest BCUT2D eigenvalue weighted by atomic mass is 16.5. The molecular weight excluding hydrogens is 500 g/mol. The van der Waals surface area contributed by atoms with E-state index < -0.39 is 24.7 Å². The number of aliphatic hydroxyl groups excluding tert-OH is 2. The molecule has 7 N–H and O–H groups in total. The maximum absolute atomic E-state index is 13.5. The van der Waals surface area contributed by atoms with Gasteiger partial charge in [0.05, 0.1) is 41.6 Å². The molecule has 4 heterocycles. The van der Waals surface area contributed by atoms with Gasteiger partial charge in [0.2, 0.25) is 5.91 Å². The Labute approximate surface area is 225 Å². The minimum atomic E-state index is -1.10. The predicted molar refractivity (Wildman–Crippen MR) is 146 cm³/mol. The van der Waals surface area contributed by atoms with Gasteiger partial charge in [-0.1, -0.05) is 6.58 Å². The summed E-state index contributed by atoms with van der Waals surface area (Å²) < 4.78 is 7.09. The van der Waals surface area contributed by atoms with Crippen molar-refractivity contribution in [1.29, 1.82) is 0 Å². The van der Waals surface area contributed by atoms with Crippen LogP contribution in [0.2, 0.25) is 0 Å². The Morgan fingerprint density at radius 2 is 2.05 bits per heavy atom. The first-order valence-corrected chi connectivity index (χ1v) is 12.6. The molecule has 39 heavy (non-hydrogen) atoms. The Hall–Kier alpha value is -4.19. The van der Waals surface area contributed by atoms with Crippen molar-refractivity contribution in [3.63, 3.8) is 0 Å². The van der Waals surface area contributed by atoms with Crippen molar-refractivity contribution in [3.8, 4) is 11.4 Å². The summed E-state index contributed by atoms with van der Waals surface area (Å²) in [5.74, 6) is 6.05. The summed E-state index contributed by atoms with van der Waals surface area (Å²) in [6.07, 6.45) is 0.441. The molecule has 0 aliphatic carbocycles. The van der Waals surface area contributed by atoms with Crippen LogP contribution in [0.15, 0.2) is 47.2 Å². The maximum Gasteiger partial charge on any atom is 0.258 e. The first kappa shape index (κ1) is 26.4. The average Bonchev–Trinajstić information content (AvgIpc) is 3.26. The molecule has 2 aliphatic rings. The number of fused-ring (bicyclic) bond motifs is 5. The van der Waals surface area contributed by atoms with Crippen LogP contribution in [0.3, 0.4) is 0 Å². The summed E-state index contributed by atoms with van der Waals surface area (Å²) in [5.41, 5.74) is 13.0. The van der Waals surface area contributed by atoms with E-state index in [9.17, 15) is 14.7 Å². The van der Waals surface area contributed by atoms with E-state index >= 15 is 0 Å². The van der Waals surface area contributed by atoms with Crippen LogP contribution in [-0.4, -0.2) is 43.3 Å². The number of hydrazine groups is 1. The van der Waals surface area contributed by atoms with Crippen molar-refractivity contribution in [2.75, 3.05) is 6.61 Å². The topological polar surface area (TPSA) is 169 Å². The third-order valence-corrected chi connectivity index (χ3v) is 7.49. The molecule has 11 heteroatoms. The average molecular weight is 533 g/mol. The molecule has 2 aliphatic heterocycles. The number of carbonyl (C=O) groups excluding carboxylic acids is 1. The number of benzene rings is 1. The largest absolute Gasteiger partial charge is 0.491 e. The molecule has 0 saturated heterocycles. The van der Waals surface area contributed by atoms with Gasteiger partial charge in [0.15, 0.2) is 0 Å². The second kappa shape index (κ2) is 9.84. The third-order valence-electron chi connectivity index (χ3n) is 7.49. The van der Waals surface area contributed by atoms with Crippen molar-refractivity contribution >= 4 is 16.8 Å². The quantitative estimate of drug-likeness (QED) is 0.180. The minimum absolute atomic E-state index is 0.0486. The SMILES string of the molecule is C=C1OCc2c(cc3n(c2=O)Cc2c-3nc3cc(C)c(C)cc3c2CN(N)/C=C(\N)C(C)NC(=O)CO)C1O. The zero-order chi connectivity index (χ0) is 28.2. The molecule has 0 saturated carbocycles. The number of nitrogens with two attached hydrogens (primary N) is 2. The number of amides is 1. The molecule has 2 aromatic heterocycles. The van der Waals surface area contributed by atoms with Crippen molar-refractivity contribution in [3.05, 3.63) is 86.2 Å². The Bertz CT molecular complexity index is 1630. The molecule has 0 radical (unpaired) electrons. The van der Waals surface area contributed by atoms with Crippen molar-refractivity contribution in [2.24, 2.45) is 11.6 Å². The van der Waals surface area contributed by atoms with Crippen LogP contribution < -0.4 is 22.5 Å². The smallest absolute Gasteiger partial charge is 0.258 e. The second-order valence-electron chi connectivity index (χ2n) is 10.1. The highest BCUT2D eigenvalue weighted by Gasteiger charge is 2.33. The summed E-state index contributed by atoms with van der Waals surface area (Å²) in [6, 6.07) is 5.33. The van der Waals surface area contributed by atoms with Gasteiger partial charge in [-0.3, -0.25) is 9.59 Å². The van der Waals surface area contributed by atoms with E-state index in [-0.39, 0.29) is 31.0 Å². The van der Waals surface area contributed by atoms with Crippen molar-refractivity contribution < 1.29 is 19.7 Å². The maximum atomic E-state index is 13.5. The Balaban J connectivity index is 1.63. The van der Waals surface area contributed by atoms with Crippen LogP contribution in [0.4, 0.5) is 0 Å². The van der Waals surface area contributed by atoms with Crippen LogP contribution >= 0.6 is 0 Å². The molecule has 3 aromatic rings. The zero-order valence-corrected chi connectivity index (χ0v) is 22.1. The van der Waals surface area contributed by atoms with E-state index in [1.54, 1.807) is 17.6 Å². The van der Waals surface area contributed by atoms with Crippen LogP contribution in [0.25, 0.3) is 22.3 Å². The molecule has 0 bridgehead atoms. The molecule has 0 fully saturated rings. The number of nitrogens with zero attached hydrogens (tertiary/aromatic N) is 3. The van der Waals surface area contributed by atoms with Crippen LogP contribution in [0, 0.1) is 13.8 Å². The van der Waals surface area contributed by atoms with Gasteiger partial charge in [-0.2, -0.15) is 0 Å². The first-order valence-electron chi connectivity index (χ1n) is 12.6. The highest BCUT2D eigenvalue weighted by Crippen LogP contribution is 2.39. The lowest BCUT2D eigenvalue weighted by Crippen LogP contribution is -2.39. The van der Waals surface area contributed by atoms with Crippen LogP contribution in [0.5, 0.6) is 0 Å². The van der Waals surface area contributed by atoms with Gasteiger partial charge in [-0.05, 0) is 55.7 Å². The Kier molecular flexibility index (Phi) is 6.67. The van der Waals surface area contributed by atoms with Gasteiger partial charge >= 0.3 is 0 Å². The summed E-state index contributed by atoms with van der Waals surface area (Å²) >= 11 is 0. The lowest BCUT2D eigenvalue weighted by Gasteiger charge is -2.24. The van der Waals surface area contributed by atoms with Crippen molar-refractivity contribution in [1.82, 2.24) is 19.9 Å². The summed E-state index contributed by atoms with van der Waals surface area (Å²) in [4.78, 5) is 30.0. The van der Waals surface area contributed by atoms with E-state index in [0.29, 0.717) is 28.2 Å². The summed E-state index contributed by atoms with van der Waals surface area (Å²) in [5, 5.41) is 24.6. The number of hydrogen-bond donors (Lipinski definition) is 5. The molecule has 1 aromatic carbocycles. The van der Waals surface area contributed by atoms with Gasteiger partial charge in [0, 0.05) is 28.4 Å². The number of nitrogens with one attached hydrogen (secondary N) is 1. The van der Waals surface area contributed by atoms with E-state index in [2.05, 4.69) is 18.0 Å². The zero-order valence-electron chi connectivity index (χ0n) is 22.1. The second-order valence-corrected chi connectivity index (χ2v) is 10.1. The fourth-order valence-corrected chi connectivity index (χ4v) is 5.12. The number of carbonyl (C=O) groups is 1. The van der Waals surface area contributed by atoms with Gasteiger partial charge in [0.1, 0.15) is 25.1 Å². The fraction of sp³-hybridized carbons (Fsp3) is 0.321. The number of aliphatic hydroxyl groups is 2. The molecule has 1 amide bonds. The summed E-state index contributed by atoms with van der Waals surface area (Å²) in [6.45, 7) is 9.43. The number of aromatic nitrogens is 2. The molecule has 2 unspecified atom stereocenters. The predicted octanol–water partition coefficient (Wildman–Crippen LogP) is 1.09. The lowest BCUT2D eigenvalue weighted by atomic mass is 9.96. The Morgan fingerprint density at radius 3 is 2.77 bits per heavy atom. The monoisotopic (exact) mass is 532 g/mol. The first-order chi connectivity index (χ1) is 18.5. The number of pyridine rings is 2. The van der Waals surface area contributed by atoms with E-state index in [0.717, 1.165) is 33.2 Å². The molecular formula is C28H32N6O5. The highest BCUT2D eigenvalue weighted by molar-refractivity contribution is 5.89. The van der Waals surface area contributed by atoms with Crippen LogP contribution in [-0.2, 0) is 29.2 Å². The standard InChI is InChI=1S/C28H32N6O5/c1-13-5-17-19(8-33(30)10-22(29)15(3)31-25(36)11-35)20-9-34-24(26(20)32-23(17)6-14(13)2)7-18-21(28(34)38)12-39-16(4)27(18)37/h5-7,10,15,27,35,37H,4,8-9,11-12,29-30H2,1-3H3,(H,31,36)/b22-10-. The van der Waals surface area contributed by atoms with E-state index in [1.165, 1.54) is 11.2 Å². The summed E-state index contributed by atoms with van der Waals surface area (Å²) in [7, 11) is 0. The van der Waals surface area contributed by atoms with Gasteiger partial charge in [-0.15, -0.1) is 0 Å². The molecule has 11 nitrogen and oxygen atoms in total. The molecule has 0 spiro atoms. The number of rotatable bonds is 6. The van der Waals surface area contributed by atoms with Gasteiger partial charge in [-0.25, -0.2) is 10.8 Å². The molecule has 5 rings (SSSR count). The number of aryl methyl sites for hydroxylation is 2. The third kappa shape index (κ3) is 4.54. The van der Waals surface area contributed by atoms with E-state index in [1.807, 2.05) is 19.9 Å². The lowest BCUT2D eigenvalue weighted by molar-refractivity contribution is -0.124. The van der Waals surface area contributed by atoms with Crippen molar-refractivity contribution in [2.45, 2.75) is 52.6 Å².